The summed E-state index contributed by atoms with van der Waals surface area (Å²) >= 11 is 1.41. The Bertz CT molecular complexity index is 618. The lowest BCUT2D eigenvalue weighted by Gasteiger charge is -2.02. The number of methoxy groups -OCH3 is 1. The highest BCUT2D eigenvalue weighted by Gasteiger charge is 2.13. The lowest BCUT2D eigenvalue weighted by Crippen LogP contribution is -2.13. The fourth-order valence-electron chi connectivity index (χ4n) is 1.71. The van der Waals surface area contributed by atoms with E-state index in [-0.39, 0.29) is 12.5 Å². The molecule has 0 atom stereocenters. The van der Waals surface area contributed by atoms with Gasteiger partial charge in [-0.1, -0.05) is 6.92 Å². The molecule has 0 saturated carbocycles. The number of amides is 1. The van der Waals surface area contributed by atoms with Gasteiger partial charge in [0, 0.05) is 6.20 Å². The van der Waals surface area contributed by atoms with Crippen LogP contribution in [-0.4, -0.2) is 28.8 Å². The van der Waals surface area contributed by atoms with Crippen LogP contribution in [0.15, 0.2) is 23.8 Å². The van der Waals surface area contributed by atoms with Crippen molar-refractivity contribution in [3.63, 3.8) is 0 Å². The van der Waals surface area contributed by atoms with Gasteiger partial charge in [-0.05, 0) is 23.4 Å². The number of aryl methyl sites for hydroxylation is 1. The van der Waals surface area contributed by atoms with Gasteiger partial charge in [0.15, 0.2) is 0 Å². The SMILES string of the molecule is CCc1ccsc1C(=O)Nc1cnn(CC(=O)OC)c1. The molecule has 1 amide bonds. The quantitative estimate of drug-likeness (QED) is 0.855. The van der Waals surface area contributed by atoms with Crippen molar-refractivity contribution in [1.29, 1.82) is 0 Å². The Morgan fingerprint density at radius 1 is 1.50 bits per heavy atom. The van der Waals surface area contributed by atoms with Gasteiger partial charge in [0.1, 0.15) is 6.54 Å². The highest BCUT2D eigenvalue weighted by molar-refractivity contribution is 7.12. The average Bonchev–Trinajstić information content (AvgIpc) is 3.07. The molecule has 1 N–H and O–H groups in total. The molecular weight excluding hydrogens is 278 g/mol. The van der Waals surface area contributed by atoms with Gasteiger partial charge in [0.2, 0.25) is 0 Å². The maximum absolute atomic E-state index is 12.1. The molecule has 2 rings (SSSR count). The number of hydrogen-bond donors (Lipinski definition) is 1. The van der Waals surface area contributed by atoms with E-state index in [2.05, 4.69) is 15.2 Å². The average molecular weight is 293 g/mol. The third-order valence-corrected chi connectivity index (χ3v) is 3.70. The molecule has 0 radical (unpaired) electrons. The van der Waals surface area contributed by atoms with Crippen molar-refractivity contribution in [2.24, 2.45) is 0 Å². The third-order valence-electron chi connectivity index (χ3n) is 2.74. The van der Waals surface area contributed by atoms with Crippen molar-refractivity contribution in [1.82, 2.24) is 9.78 Å². The third kappa shape index (κ3) is 3.24. The van der Waals surface area contributed by atoms with Crippen molar-refractivity contribution in [3.8, 4) is 0 Å². The molecule has 0 bridgehead atoms. The van der Waals surface area contributed by atoms with Crippen LogP contribution in [0.3, 0.4) is 0 Å². The van der Waals surface area contributed by atoms with Crippen LogP contribution in [0.4, 0.5) is 5.69 Å². The van der Waals surface area contributed by atoms with E-state index < -0.39 is 5.97 Å². The number of esters is 1. The molecule has 106 valence electrons. The standard InChI is InChI=1S/C13H15N3O3S/c1-3-9-4-5-20-12(9)13(18)15-10-6-14-16(7-10)8-11(17)19-2/h4-7H,3,8H2,1-2H3,(H,15,18). The van der Waals surface area contributed by atoms with Crippen molar-refractivity contribution in [2.45, 2.75) is 19.9 Å². The Morgan fingerprint density at radius 3 is 3.00 bits per heavy atom. The number of thiophene rings is 1. The molecule has 2 aromatic heterocycles. The zero-order chi connectivity index (χ0) is 14.5. The van der Waals surface area contributed by atoms with Gasteiger partial charge in [0.05, 0.1) is 23.9 Å². The molecule has 7 heteroatoms. The van der Waals surface area contributed by atoms with Crippen molar-refractivity contribution in [3.05, 3.63) is 34.3 Å². The number of carbonyl (C=O) groups excluding carboxylic acids is 2. The number of hydrogen-bond acceptors (Lipinski definition) is 5. The van der Waals surface area contributed by atoms with Crippen LogP contribution in [0.2, 0.25) is 0 Å². The van der Waals surface area contributed by atoms with Crippen LogP contribution in [0.5, 0.6) is 0 Å². The normalized spacial score (nSPS) is 10.3. The lowest BCUT2D eigenvalue weighted by molar-refractivity contribution is -0.141. The van der Waals surface area contributed by atoms with Crippen LogP contribution in [0.25, 0.3) is 0 Å². The van der Waals surface area contributed by atoms with Crippen LogP contribution >= 0.6 is 11.3 Å². The number of nitrogens with zero attached hydrogens (tertiary/aromatic N) is 2. The highest BCUT2D eigenvalue weighted by atomic mass is 32.1. The minimum Gasteiger partial charge on any atom is -0.468 e. The fourth-order valence-corrected chi connectivity index (χ4v) is 2.60. The molecule has 6 nitrogen and oxygen atoms in total. The molecule has 0 aliphatic carbocycles. The number of ether oxygens (including phenoxy) is 1. The minimum atomic E-state index is -0.391. The second kappa shape index (κ2) is 6.33. The van der Waals surface area contributed by atoms with Crippen LogP contribution in [-0.2, 0) is 22.5 Å². The number of rotatable bonds is 5. The van der Waals surface area contributed by atoms with Gasteiger partial charge in [-0.25, -0.2) is 0 Å². The van der Waals surface area contributed by atoms with E-state index in [1.165, 1.54) is 29.3 Å². The number of nitrogens with one attached hydrogen (secondary N) is 1. The van der Waals surface area contributed by atoms with Crippen LogP contribution in [0.1, 0.15) is 22.2 Å². The van der Waals surface area contributed by atoms with Crippen molar-refractivity contribution >= 4 is 28.9 Å². The zero-order valence-corrected chi connectivity index (χ0v) is 12.1. The predicted molar refractivity (Wildman–Crippen MR) is 75.9 cm³/mol. The Morgan fingerprint density at radius 2 is 2.30 bits per heavy atom. The maximum atomic E-state index is 12.1. The Balaban J connectivity index is 2.03. The predicted octanol–water partition coefficient (Wildman–Crippen LogP) is 1.93. The molecule has 0 aliphatic rings. The first-order valence-electron chi connectivity index (χ1n) is 6.11. The molecule has 0 unspecified atom stereocenters. The smallest absolute Gasteiger partial charge is 0.327 e. The monoisotopic (exact) mass is 293 g/mol. The van der Waals surface area contributed by atoms with Crippen molar-refractivity contribution < 1.29 is 14.3 Å². The molecule has 0 saturated heterocycles. The first kappa shape index (κ1) is 14.3. The molecule has 2 heterocycles. The van der Waals surface area contributed by atoms with Crippen molar-refractivity contribution in [2.75, 3.05) is 12.4 Å². The van der Waals surface area contributed by atoms with Crippen LogP contribution < -0.4 is 5.32 Å². The Kier molecular flexibility index (Phi) is 4.52. The molecule has 2 aromatic rings. The Labute approximate surface area is 120 Å². The second-order valence-electron chi connectivity index (χ2n) is 4.09. The van der Waals surface area contributed by atoms with E-state index >= 15 is 0 Å². The molecular formula is C13H15N3O3S. The first-order valence-corrected chi connectivity index (χ1v) is 6.99. The van der Waals surface area contributed by atoms with Gasteiger partial charge >= 0.3 is 5.97 Å². The largest absolute Gasteiger partial charge is 0.468 e. The van der Waals surface area contributed by atoms with E-state index in [4.69, 9.17) is 0 Å². The molecule has 20 heavy (non-hydrogen) atoms. The zero-order valence-electron chi connectivity index (χ0n) is 11.3. The number of aromatic nitrogens is 2. The van der Waals surface area contributed by atoms with E-state index in [0.29, 0.717) is 10.6 Å². The van der Waals surface area contributed by atoms with E-state index in [1.54, 1.807) is 6.20 Å². The van der Waals surface area contributed by atoms with Gasteiger partial charge in [-0.3, -0.25) is 14.3 Å². The molecule has 0 spiro atoms. The lowest BCUT2D eigenvalue weighted by atomic mass is 10.2. The fraction of sp³-hybridized carbons (Fsp3) is 0.308. The summed E-state index contributed by atoms with van der Waals surface area (Å²) in [5, 5.41) is 8.65. The summed E-state index contributed by atoms with van der Waals surface area (Å²) in [6.07, 6.45) is 3.90. The van der Waals surface area contributed by atoms with Gasteiger partial charge in [-0.2, -0.15) is 5.10 Å². The number of anilines is 1. The van der Waals surface area contributed by atoms with E-state index in [1.807, 2.05) is 18.4 Å². The Hall–Kier alpha value is -2.15. The van der Waals surface area contributed by atoms with E-state index in [9.17, 15) is 9.59 Å². The first-order chi connectivity index (χ1) is 9.63. The summed E-state index contributed by atoms with van der Waals surface area (Å²) < 4.78 is 5.96. The van der Waals surface area contributed by atoms with Gasteiger partial charge < -0.3 is 10.1 Å². The highest BCUT2D eigenvalue weighted by Crippen LogP contribution is 2.19. The minimum absolute atomic E-state index is 0.0194. The summed E-state index contributed by atoms with van der Waals surface area (Å²) in [6, 6.07) is 1.94. The number of carbonyl (C=O) groups is 2. The van der Waals surface area contributed by atoms with Crippen LogP contribution in [0, 0.1) is 0 Å². The second-order valence-corrected chi connectivity index (χ2v) is 5.00. The van der Waals surface area contributed by atoms with Gasteiger partial charge in [-0.15, -0.1) is 11.3 Å². The van der Waals surface area contributed by atoms with E-state index in [0.717, 1.165) is 12.0 Å². The summed E-state index contributed by atoms with van der Waals surface area (Å²) in [5.41, 5.74) is 1.57. The van der Waals surface area contributed by atoms with Gasteiger partial charge in [0.25, 0.3) is 5.91 Å². The molecule has 0 aromatic carbocycles. The topological polar surface area (TPSA) is 73.2 Å². The summed E-state index contributed by atoms with van der Waals surface area (Å²) in [7, 11) is 1.32. The maximum Gasteiger partial charge on any atom is 0.327 e. The molecule has 0 aliphatic heterocycles. The summed E-state index contributed by atoms with van der Waals surface area (Å²) in [5.74, 6) is -0.549. The summed E-state index contributed by atoms with van der Waals surface area (Å²) in [4.78, 5) is 23.9. The summed E-state index contributed by atoms with van der Waals surface area (Å²) in [6.45, 7) is 2.03. The molecule has 0 fully saturated rings.